The maximum Gasteiger partial charge on any atom is 0.256 e. The van der Waals surface area contributed by atoms with Crippen molar-refractivity contribution >= 4 is 33.2 Å². The first kappa shape index (κ1) is 13.2. The number of rotatable bonds is 2. The molecule has 0 bridgehead atoms. The summed E-state index contributed by atoms with van der Waals surface area (Å²) in [6, 6.07) is 11.7. The molecule has 0 aliphatic carbocycles. The molecular formula is C16H15BrN2O. The quantitative estimate of drug-likeness (QED) is 0.874. The highest BCUT2D eigenvalue weighted by atomic mass is 79.9. The summed E-state index contributed by atoms with van der Waals surface area (Å²) in [5.74, 6) is -0.0946. The predicted octanol–water partition coefficient (Wildman–Crippen LogP) is 3.98. The SMILES string of the molecule is Cc1ccc(C(=O)Nc2ccc3c(c2)CCN3)c(Br)c1. The van der Waals surface area contributed by atoms with Crippen molar-refractivity contribution < 1.29 is 4.79 Å². The zero-order valence-corrected chi connectivity index (χ0v) is 12.8. The first-order chi connectivity index (χ1) is 9.63. The van der Waals surface area contributed by atoms with E-state index in [1.165, 1.54) is 11.3 Å². The van der Waals surface area contributed by atoms with Crippen LogP contribution in [-0.4, -0.2) is 12.5 Å². The maximum atomic E-state index is 12.3. The summed E-state index contributed by atoms with van der Waals surface area (Å²) in [5.41, 5.74) is 5.03. The van der Waals surface area contributed by atoms with E-state index in [1.54, 1.807) is 0 Å². The number of nitrogens with one attached hydrogen (secondary N) is 2. The highest BCUT2D eigenvalue weighted by Crippen LogP contribution is 2.26. The number of carbonyl (C=O) groups excluding carboxylic acids is 1. The minimum Gasteiger partial charge on any atom is -0.384 e. The van der Waals surface area contributed by atoms with Gasteiger partial charge in [0.2, 0.25) is 0 Å². The van der Waals surface area contributed by atoms with Crippen LogP contribution in [0.1, 0.15) is 21.5 Å². The lowest BCUT2D eigenvalue weighted by atomic mass is 10.1. The molecule has 0 spiro atoms. The fourth-order valence-electron chi connectivity index (χ4n) is 2.39. The van der Waals surface area contributed by atoms with Crippen LogP contribution in [-0.2, 0) is 6.42 Å². The van der Waals surface area contributed by atoms with Crippen molar-refractivity contribution in [2.24, 2.45) is 0 Å². The van der Waals surface area contributed by atoms with Crippen molar-refractivity contribution in [3.8, 4) is 0 Å². The van der Waals surface area contributed by atoms with Crippen LogP contribution in [0.25, 0.3) is 0 Å². The first-order valence-electron chi connectivity index (χ1n) is 6.58. The number of carbonyl (C=O) groups is 1. The molecule has 3 nitrogen and oxygen atoms in total. The highest BCUT2D eigenvalue weighted by Gasteiger charge is 2.13. The van der Waals surface area contributed by atoms with Gasteiger partial charge in [0.25, 0.3) is 5.91 Å². The van der Waals surface area contributed by atoms with E-state index >= 15 is 0 Å². The van der Waals surface area contributed by atoms with E-state index < -0.39 is 0 Å². The third-order valence-corrected chi connectivity index (χ3v) is 4.10. The van der Waals surface area contributed by atoms with Gasteiger partial charge >= 0.3 is 0 Å². The molecule has 1 aliphatic rings. The van der Waals surface area contributed by atoms with Crippen molar-refractivity contribution in [2.45, 2.75) is 13.3 Å². The van der Waals surface area contributed by atoms with Gasteiger partial charge in [-0.2, -0.15) is 0 Å². The normalized spacial score (nSPS) is 12.7. The number of aryl methyl sites for hydroxylation is 1. The molecule has 20 heavy (non-hydrogen) atoms. The van der Waals surface area contributed by atoms with Gasteiger partial charge < -0.3 is 10.6 Å². The second kappa shape index (κ2) is 5.29. The Labute approximate surface area is 126 Å². The number of benzene rings is 2. The number of hydrogen-bond acceptors (Lipinski definition) is 2. The summed E-state index contributed by atoms with van der Waals surface area (Å²) in [4.78, 5) is 12.3. The van der Waals surface area contributed by atoms with Crippen LogP contribution in [0.3, 0.4) is 0 Å². The van der Waals surface area contributed by atoms with Crippen LogP contribution in [0.15, 0.2) is 40.9 Å². The Hall–Kier alpha value is -1.81. The molecule has 0 aromatic heterocycles. The Morgan fingerprint density at radius 2 is 2.10 bits per heavy atom. The molecule has 0 saturated heterocycles. The molecular weight excluding hydrogens is 316 g/mol. The highest BCUT2D eigenvalue weighted by molar-refractivity contribution is 9.10. The van der Waals surface area contributed by atoms with Gasteiger partial charge in [-0.1, -0.05) is 6.07 Å². The summed E-state index contributed by atoms with van der Waals surface area (Å²) in [7, 11) is 0. The summed E-state index contributed by atoms with van der Waals surface area (Å²) < 4.78 is 0.817. The van der Waals surface area contributed by atoms with E-state index in [0.717, 1.165) is 28.7 Å². The lowest BCUT2D eigenvalue weighted by molar-refractivity contribution is 0.102. The van der Waals surface area contributed by atoms with Crippen LogP contribution in [0, 0.1) is 6.92 Å². The molecule has 2 N–H and O–H groups in total. The average molecular weight is 331 g/mol. The van der Waals surface area contributed by atoms with Crippen LogP contribution >= 0.6 is 15.9 Å². The second-order valence-electron chi connectivity index (χ2n) is 4.99. The van der Waals surface area contributed by atoms with Gasteiger partial charge in [0, 0.05) is 22.4 Å². The molecule has 0 radical (unpaired) electrons. The van der Waals surface area contributed by atoms with Crippen LogP contribution < -0.4 is 10.6 Å². The number of halogens is 1. The van der Waals surface area contributed by atoms with Crippen LogP contribution in [0.5, 0.6) is 0 Å². The fraction of sp³-hybridized carbons (Fsp3) is 0.188. The van der Waals surface area contributed by atoms with Crippen molar-refractivity contribution in [3.63, 3.8) is 0 Å². The standard InChI is InChI=1S/C16H15BrN2O/c1-10-2-4-13(14(17)8-10)16(20)19-12-3-5-15-11(9-12)6-7-18-15/h2-5,8-9,18H,6-7H2,1H3,(H,19,20). The molecule has 2 aromatic carbocycles. The lowest BCUT2D eigenvalue weighted by Crippen LogP contribution is -2.12. The van der Waals surface area contributed by atoms with Crippen molar-refractivity contribution in [1.82, 2.24) is 0 Å². The van der Waals surface area contributed by atoms with Gasteiger partial charge in [-0.25, -0.2) is 0 Å². The van der Waals surface area contributed by atoms with E-state index in [1.807, 2.05) is 43.3 Å². The van der Waals surface area contributed by atoms with E-state index in [2.05, 4.69) is 26.6 Å². The Morgan fingerprint density at radius 3 is 2.90 bits per heavy atom. The minimum atomic E-state index is -0.0946. The Kier molecular flexibility index (Phi) is 3.49. The zero-order chi connectivity index (χ0) is 14.1. The maximum absolute atomic E-state index is 12.3. The van der Waals surface area contributed by atoms with Gasteiger partial charge in [-0.15, -0.1) is 0 Å². The summed E-state index contributed by atoms with van der Waals surface area (Å²) in [6.07, 6.45) is 1.01. The zero-order valence-electron chi connectivity index (χ0n) is 11.2. The molecule has 4 heteroatoms. The van der Waals surface area contributed by atoms with Gasteiger partial charge in [0.05, 0.1) is 5.56 Å². The average Bonchev–Trinajstić information content (AvgIpc) is 2.85. The van der Waals surface area contributed by atoms with Crippen molar-refractivity contribution in [3.05, 3.63) is 57.6 Å². The number of hydrogen-bond donors (Lipinski definition) is 2. The van der Waals surface area contributed by atoms with E-state index in [-0.39, 0.29) is 5.91 Å². The molecule has 0 unspecified atom stereocenters. The van der Waals surface area contributed by atoms with Crippen LogP contribution in [0.4, 0.5) is 11.4 Å². The number of fused-ring (bicyclic) bond motifs is 1. The van der Waals surface area contributed by atoms with E-state index in [9.17, 15) is 4.79 Å². The number of amides is 1. The summed E-state index contributed by atoms with van der Waals surface area (Å²) in [6.45, 7) is 2.97. The summed E-state index contributed by atoms with van der Waals surface area (Å²) in [5, 5.41) is 6.26. The topological polar surface area (TPSA) is 41.1 Å². The van der Waals surface area contributed by atoms with Gasteiger partial charge in [0.1, 0.15) is 0 Å². The molecule has 0 saturated carbocycles. The Morgan fingerprint density at radius 1 is 1.25 bits per heavy atom. The molecule has 0 atom stereocenters. The van der Waals surface area contributed by atoms with Crippen molar-refractivity contribution in [2.75, 3.05) is 17.2 Å². The molecule has 3 rings (SSSR count). The van der Waals surface area contributed by atoms with Gasteiger partial charge in [0.15, 0.2) is 0 Å². The fourth-order valence-corrected chi connectivity index (χ4v) is 3.06. The molecule has 1 heterocycles. The second-order valence-corrected chi connectivity index (χ2v) is 5.84. The van der Waals surface area contributed by atoms with E-state index in [0.29, 0.717) is 5.56 Å². The largest absolute Gasteiger partial charge is 0.384 e. The Bertz CT molecular complexity index is 682. The Balaban J connectivity index is 1.82. The number of anilines is 2. The van der Waals surface area contributed by atoms with Gasteiger partial charge in [-0.05, 0) is 70.7 Å². The molecule has 0 fully saturated rings. The molecule has 1 amide bonds. The monoisotopic (exact) mass is 330 g/mol. The summed E-state index contributed by atoms with van der Waals surface area (Å²) >= 11 is 3.44. The lowest BCUT2D eigenvalue weighted by Gasteiger charge is -2.09. The molecule has 102 valence electrons. The smallest absolute Gasteiger partial charge is 0.256 e. The minimum absolute atomic E-state index is 0.0946. The first-order valence-corrected chi connectivity index (χ1v) is 7.37. The van der Waals surface area contributed by atoms with E-state index in [4.69, 9.17) is 0 Å². The predicted molar refractivity (Wildman–Crippen MR) is 85.5 cm³/mol. The van der Waals surface area contributed by atoms with Gasteiger partial charge in [-0.3, -0.25) is 4.79 Å². The van der Waals surface area contributed by atoms with Crippen LogP contribution in [0.2, 0.25) is 0 Å². The third-order valence-electron chi connectivity index (χ3n) is 3.44. The molecule has 1 aliphatic heterocycles. The third kappa shape index (κ3) is 2.56. The molecule has 2 aromatic rings. The van der Waals surface area contributed by atoms with Crippen molar-refractivity contribution in [1.29, 1.82) is 0 Å².